The van der Waals surface area contributed by atoms with Gasteiger partial charge in [-0.1, -0.05) is 23.7 Å². The van der Waals surface area contributed by atoms with Crippen molar-refractivity contribution < 1.29 is 23.5 Å². The second kappa shape index (κ2) is 7.80. The van der Waals surface area contributed by atoms with Crippen molar-refractivity contribution in [2.24, 2.45) is 5.41 Å². The number of amides is 2. The average Bonchev–Trinajstić information content (AvgIpc) is 2.69. The second-order valence-electron chi connectivity index (χ2n) is 8.03. The maximum Gasteiger partial charge on any atom is 0.258 e. The van der Waals surface area contributed by atoms with Crippen LogP contribution in [0.5, 0.6) is 11.5 Å². The summed E-state index contributed by atoms with van der Waals surface area (Å²) in [5.74, 6) is 0.127. The molecule has 0 spiro atoms. The molecule has 30 heavy (non-hydrogen) atoms. The van der Waals surface area contributed by atoms with Gasteiger partial charge in [-0.25, -0.2) is 4.39 Å². The van der Waals surface area contributed by atoms with E-state index in [0.717, 1.165) is 17.4 Å². The van der Waals surface area contributed by atoms with Crippen LogP contribution in [0, 0.1) is 11.2 Å². The third kappa shape index (κ3) is 3.94. The van der Waals surface area contributed by atoms with Crippen LogP contribution in [0.25, 0.3) is 0 Å². The molecule has 5 rings (SSSR count). The van der Waals surface area contributed by atoms with Crippen LogP contribution in [0.1, 0.15) is 24.8 Å². The minimum atomic E-state index is -0.600. The Bertz CT molecular complexity index is 960. The lowest BCUT2D eigenvalue weighted by molar-refractivity contribution is -0.184. The molecule has 0 unspecified atom stereocenters. The fourth-order valence-electron chi connectivity index (χ4n) is 4.32. The van der Waals surface area contributed by atoms with E-state index >= 15 is 0 Å². The van der Waals surface area contributed by atoms with Crippen molar-refractivity contribution in [3.05, 3.63) is 58.9 Å². The number of hydrogen-bond acceptors (Lipinski definition) is 4. The van der Waals surface area contributed by atoms with Gasteiger partial charge in [-0.3, -0.25) is 9.59 Å². The minimum absolute atomic E-state index is 0.00349. The Kier molecular flexibility index (Phi) is 5.32. The summed E-state index contributed by atoms with van der Waals surface area (Å²) in [7, 11) is 1.61. The van der Waals surface area contributed by atoms with Gasteiger partial charge < -0.3 is 20.1 Å². The first-order valence-corrected chi connectivity index (χ1v) is 10.0. The van der Waals surface area contributed by atoms with Crippen LogP contribution in [0.3, 0.4) is 0 Å². The van der Waals surface area contributed by atoms with Gasteiger partial charge in [-0.15, -0.1) is 0 Å². The molecule has 2 aromatic rings. The molecule has 2 amide bonds. The molecule has 158 valence electrons. The standard InChI is InChI=1S/C22H22ClFN2O4/c1-29-15-4-2-14(3-5-15)9-25-20(28)21-11-22(12-21,13-21)26-19(27)10-30-16-6-7-17(23)18(24)8-16/h2-8H,9-13H2,1H3,(H,25,28)(H,26,27). The smallest absolute Gasteiger partial charge is 0.258 e. The van der Waals surface area contributed by atoms with Gasteiger partial charge in [0.05, 0.1) is 17.5 Å². The predicted molar refractivity (Wildman–Crippen MR) is 109 cm³/mol. The highest BCUT2D eigenvalue weighted by Crippen LogP contribution is 2.67. The summed E-state index contributed by atoms with van der Waals surface area (Å²) < 4.78 is 23.8. The first kappa shape index (κ1) is 20.5. The van der Waals surface area contributed by atoms with Crippen LogP contribution >= 0.6 is 11.6 Å². The lowest BCUT2D eigenvalue weighted by Gasteiger charge is -2.69. The highest BCUT2D eigenvalue weighted by molar-refractivity contribution is 6.30. The maximum absolute atomic E-state index is 13.4. The minimum Gasteiger partial charge on any atom is -0.497 e. The van der Waals surface area contributed by atoms with E-state index in [9.17, 15) is 14.0 Å². The van der Waals surface area contributed by atoms with Gasteiger partial charge in [0, 0.05) is 18.2 Å². The largest absolute Gasteiger partial charge is 0.497 e. The topological polar surface area (TPSA) is 76.7 Å². The molecular weight excluding hydrogens is 411 g/mol. The van der Waals surface area contributed by atoms with Gasteiger partial charge in [0.15, 0.2) is 6.61 Å². The number of nitrogens with one attached hydrogen (secondary N) is 2. The van der Waals surface area contributed by atoms with E-state index in [1.54, 1.807) is 7.11 Å². The molecule has 0 aromatic heterocycles. The summed E-state index contributed by atoms with van der Waals surface area (Å²) in [5.41, 5.74) is 0.276. The van der Waals surface area contributed by atoms with E-state index in [1.165, 1.54) is 12.1 Å². The molecule has 3 fully saturated rings. The second-order valence-corrected chi connectivity index (χ2v) is 8.44. The number of hydrogen-bond donors (Lipinski definition) is 2. The molecule has 0 saturated heterocycles. The number of carbonyl (C=O) groups is 2. The molecule has 3 saturated carbocycles. The van der Waals surface area contributed by atoms with Crippen molar-refractivity contribution in [1.29, 1.82) is 0 Å². The van der Waals surface area contributed by atoms with Crippen molar-refractivity contribution >= 4 is 23.4 Å². The lowest BCUT2D eigenvalue weighted by Crippen LogP contribution is -2.78. The Balaban J connectivity index is 1.20. The number of methoxy groups -OCH3 is 1. The molecule has 3 aliphatic carbocycles. The number of carbonyl (C=O) groups excluding carboxylic acids is 2. The molecule has 0 radical (unpaired) electrons. The highest BCUT2D eigenvalue weighted by atomic mass is 35.5. The summed E-state index contributed by atoms with van der Waals surface area (Å²) in [4.78, 5) is 24.7. The average molecular weight is 433 g/mol. The van der Waals surface area contributed by atoms with Crippen molar-refractivity contribution in [3.63, 3.8) is 0 Å². The van der Waals surface area contributed by atoms with Crippen LogP contribution in [-0.4, -0.2) is 31.1 Å². The van der Waals surface area contributed by atoms with Crippen LogP contribution in [0.4, 0.5) is 4.39 Å². The SMILES string of the molecule is COc1ccc(CNC(=O)C23CC(NC(=O)COc4ccc(Cl)c(F)c4)(C2)C3)cc1. The number of halogens is 2. The molecule has 6 nitrogen and oxygen atoms in total. The van der Waals surface area contributed by atoms with Crippen LogP contribution < -0.4 is 20.1 Å². The molecule has 2 N–H and O–H groups in total. The van der Waals surface area contributed by atoms with E-state index in [-0.39, 0.29) is 40.1 Å². The van der Waals surface area contributed by atoms with Gasteiger partial charge in [0.1, 0.15) is 17.3 Å². The number of rotatable bonds is 8. The number of ether oxygens (including phenoxy) is 2. The van der Waals surface area contributed by atoms with E-state index in [1.807, 2.05) is 24.3 Å². The first-order valence-electron chi connectivity index (χ1n) is 9.63. The zero-order chi connectivity index (χ0) is 21.4. The molecule has 0 aliphatic heterocycles. The quantitative estimate of drug-likeness (QED) is 0.671. The zero-order valence-corrected chi connectivity index (χ0v) is 17.2. The monoisotopic (exact) mass is 432 g/mol. The Labute approximate surface area is 178 Å². The van der Waals surface area contributed by atoms with E-state index in [0.29, 0.717) is 25.8 Å². The molecule has 8 heteroatoms. The normalized spacial score (nSPS) is 23.6. The van der Waals surface area contributed by atoms with Crippen molar-refractivity contribution in [3.8, 4) is 11.5 Å². The zero-order valence-electron chi connectivity index (χ0n) is 16.5. The molecular formula is C22H22ClFN2O4. The van der Waals surface area contributed by atoms with E-state index < -0.39 is 5.82 Å². The van der Waals surface area contributed by atoms with Crippen LogP contribution in [-0.2, 0) is 16.1 Å². The highest BCUT2D eigenvalue weighted by Gasteiger charge is 2.72. The van der Waals surface area contributed by atoms with Crippen molar-refractivity contribution in [2.75, 3.05) is 13.7 Å². The lowest BCUT2D eigenvalue weighted by atomic mass is 9.39. The molecule has 0 atom stereocenters. The molecule has 2 aromatic carbocycles. The molecule has 2 bridgehead atoms. The Morgan fingerprint density at radius 2 is 1.77 bits per heavy atom. The van der Waals surface area contributed by atoms with Gasteiger partial charge in [-0.05, 0) is 49.1 Å². The predicted octanol–water partition coefficient (Wildman–Crippen LogP) is 3.22. The molecule has 3 aliphatic rings. The summed E-state index contributed by atoms with van der Waals surface area (Å²) in [6.07, 6.45) is 1.86. The van der Waals surface area contributed by atoms with Gasteiger partial charge in [0.2, 0.25) is 5.91 Å². The summed E-state index contributed by atoms with van der Waals surface area (Å²) in [6.45, 7) is 0.231. The first-order chi connectivity index (χ1) is 14.3. The van der Waals surface area contributed by atoms with Crippen molar-refractivity contribution in [1.82, 2.24) is 10.6 Å². The fraction of sp³-hybridized carbons (Fsp3) is 0.364. The van der Waals surface area contributed by atoms with Crippen LogP contribution in [0.15, 0.2) is 42.5 Å². The summed E-state index contributed by atoms with van der Waals surface area (Å²) >= 11 is 5.62. The molecule has 0 heterocycles. The summed E-state index contributed by atoms with van der Waals surface area (Å²) in [5, 5.41) is 5.92. The summed E-state index contributed by atoms with van der Waals surface area (Å²) in [6, 6.07) is 11.5. The third-order valence-corrected chi connectivity index (χ3v) is 6.10. The van der Waals surface area contributed by atoms with Crippen molar-refractivity contribution in [2.45, 2.75) is 31.3 Å². The third-order valence-electron chi connectivity index (χ3n) is 5.79. The van der Waals surface area contributed by atoms with Gasteiger partial charge in [0.25, 0.3) is 5.91 Å². The maximum atomic E-state index is 13.4. The Morgan fingerprint density at radius 1 is 1.10 bits per heavy atom. The Morgan fingerprint density at radius 3 is 2.40 bits per heavy atom. The van der Waals surface area contributed by atoms with Crippen LogP contribution in [0.2, 0.25) is 5.02 Å². The van der Waals surface area contributed by atoms with Gasteiger partial charge >= 0.3 is 0 Å². The Hall–Kier alpha value is -2.80. The fourth-order valence-corrected chi connectivity index (χ4v) is 4.44. The van der Waals surface area contributed by atoms with E-state index in [4.69, 9.17) is 21.1 Å². The number of benzene rings is 2. The van der Waals surface area contributed by atoms with E-state index in [2.05, 4.69) is 10.6 Å². The van der Waals surface area contributed by atoms with Gasteiger partial charge in [-0.2, -0.15) is 0 Å².